The van der Waals surface area contributed by atoms with E-state index in [1.54, 1.807) is 0 Å². The molecule has 2 nitrogen and oxygen atoms in total. The molecule has 0 amide bonds. The molecule has 1 fully saturated rings. The minimum Gasteiger partial charge on any atom is -0.491 e. The Labute approximate surface area is 111 Å². The summed E-state index contributed by atoms with van der Waals surface area (Å²) in [5, 5.41) is 3.42. The fourth-order valence-corrected chi connectivity index (χ4v) is 2.87. The van der Waals surface area contributed by atoms with Gasteiger partial charge in [0.05, 0.1) is 6.10 Å². The van der Waals surface area contributed by atoms with Gasteiger partial charge in [0.1, 0.15) is 5.75 Å². The Bertz CT molecular complexity index is 375. The monoisotopic (exact) mass is 247 g/mol. The molecule has 0 aromatic heterocycles. The first-order valence-electron chi connectivity index (χ1n) is 7.13. The zero-order valence-electron chi connectivity index (χ0n) is 11.8. The second kappa shape index (κ2) is 6.24. The Morgan fingerprint density at radius 1 is 1.28 bits per heavy atom. The van der Waals surface area contributed by atoms with Gasteiger partial charge in [-0.05, 0) is 63.8 Å². The fraction of sp³-hybridized carbons (Fsp3) is 0.625. The Hall–Kier alpha value is -1.02. The number of rotatable bonds is 4. The minimum absolute atomic E-state index is 0.247. The van der Waals surface area contributed by atoms with E-state index >= 15 is 0 Å². The van der Waals surface area contributed by atoms with Crippen LogP contribution in [0, 0.1) is 0 Å². The average Bonchev–Trinajstić information content (AvgIpc) is 2.38. The third-order valence-corrected chi connectivity index (χ3v) is 3.78. The normalized spacial score (nSPS) is 24.2. The summed E-state index contributed by atoms with van der Waals surface area (Å²) in [6.07, 6.45) is 5.45. The van der Waals surface area contributed by atoms with Gasteiger partial charge in [-0.2, -0.15) is 0 Å². The zero-order chi connectivity index (χ0) is 13.0. The van der Waals surface area contributed by atoms with Gasteiger partial charge < -0.3 is 10.1 Å². The van der Waals surface area contributed by atoms with Crippen LogP contribution in [-0.4, -0.2) is 19.2 Å². The summed E-state index contributed by atoms with van der Waals surface area (Å²) >= 11 is 0. The van der Waals surface area contributed by atoms with Crippen molar-refractivity contribution in [2.24, 2.45) is 0 Å². The van der Waals surface area contributed by atoms with E-state index in [9.17, 15) is 0 Å². The summed E-state index contributed by atoms with van der Waals surface area (Å²) in [5.74, 6) is 1.70. The molecule has 0 saturated heterocycles. The molecule has 2 atom stereocenters. The van der Waals surface area contributed by atoms with Gasteiger partial charge in [-0.3, -0.25) is 0 Å². The Balaban J connectivity index is 2.07. The largest absolute Gasteiger partial charge is 0.491 e. The number of hydrogen-bond donors (Lipinski definition) is 1. The van der Waals surface area contributed by atoms with Crippen LogP contribution in [0.2, 0.25) is 0 Å². The lowest BCUT2D eigenvalue weighted by atomic mass is 9.81. The lowest BCUT2D eigenvalue weighted by molar-refractivity contribution is 0.242. The summed E-state index contributed by atoms with van der Waals surface area (Å²) in [4.78, 5) is 0. The van der Waals surface area contributed by atoms with Crippen LogP contribution < -0.4 is 10.1 Å². The summed E-state index contributed by atoms with van der Waals surface area (Å²) in [5.41, 5.74) is 1.44. The number of benzene rings is 1. The van der Waals surface area contributed by atoms with Crippen LogP contribution in [-0.2, 0) is 0 Å². The minimum atomic E-state index is 0.247. The third-order valence-electron chi connectivity index (χ3n) is 3.78. The molecule has 1 N–H and O–H groups in total. The molecular formula is C16H25NO. The highest BCUT2D eigenvalue weighted by Crippen LogP contribution is 2.34. The standard InChI is InChI=1S/C16H25NO/c1-12(2)18-16-9-5-7-14(11-16)13-6-4-8-15(10-13)17-3/h5,7,9,11-13,15,17H,4,6,8,10H2,1-3H3. The number of hydrogen-bond acceptors (Lipinski definition) is 2. The molecule has 2 rings (SSSR count). The maximum atomic E-state index is 5.78. The highest BCUT2D eigenvalue weighted by Gasteiger charge is 2.22. The molecule has 1 aliphatic rings. The van der Waals surface area contributed by atoms with Gasteiger partial charge in [-0.25, -0.2) is 0 Å². The molecule has 0 bridgehead atoms. The van der Waals surface area contributed by atoms with Crippen LogP contribution >= 0.6 is 0 Å². The summed E-state index contributed by atoms with van der Waals surface area (Å²) < 4.78 is 5.78. The summed E-state index contributed by atoms with van der Waals surface area (Å²) in [6.45, 7) is 4.15. The first-order valence-corrected chi connectivity index (χ1v) is 7.13. The lowest BCUT2D eigenvalue weighted by Crippen LogP contribution is -2.30. The van der Waals surface area contributed by atoms with Crippen LogP contribution in [0.5, 0.6) is 5.75 Å². The van der Waals surface area contributed by atoms with E-state index < -0.39 is 0 Å². The third kappa shape index (κ3) is 3.49. The van der Waals surface area contributed by atoms with E-state index in [0.29, 0.717) is 12.0 Å². The molecule has 2 unspecified atom stereocenters. The summed E-state index contributed by atoms with van der Waals surface area (Å²) in [7, 11) is 2.07. The SMILES string of the molecule is CNC1CCCC(c2cccc(OC(C)C)c2)C1. The molecule has 0 radical (unpaired) electrons. The van der Waals surface area contributed by atoms with Crippen molar-refractivity contribution in [1.82, 2.24) is 5.32 Å². The van der Waals surface area contributed by atoms with Crippen LogP contribution in [0.3, 0.4) is 0 Å². The molecule has 18 heavy (non-hydrogen) atoms. The summed E-state index contributed by atoms with van der Waals surface area (Å²) in [6, 6.07) is 9.33. The van der Waals surface area contributed by atoms with E-state index in [-0.39, 0.29) is 6.10 Å². The van der Waals surface area contributed by atoms with Gasteiger partial charge in [-0.1, -0.05) is 18.6 Å². The molecule has 1 aromatic rings. The van der Waals surface area contributed by atoms with Crippen LogP contribution in [0.15, 0.2) is 24.3 Å². The molecule has 0 heterocycles. The highest BCUT2D eigenvalue weighted by atomic mass is 16.5. The zero-order valence-corrected chi connectivity index (χ0v) is 11.8. The fourth-order valence-electron chi connectivity index (χ4n) is 2.87. The van der Waals surface area contributed by atoms with Crippen molar-refractivity contribution in [3.8, 4) is 5.75 Å². The van der Waals surface area contributed by atoms with Gasteiger partial charge in [0.15, 0.2) is 0 Å². The molecule has 2 heteroatoms. The van der Waals surface area contributed by atoms with E-state index in [0.717, 1.165) is 5.75 Å². The van der Waals surface area contributed by atoms with Crippen LogP contribution in [0.1, 0.15) is 51.0 Å². The van der Waals surface area contributed by atoms with Crippen molar-refractivity contribution in [3.05, 3.63) is 29.8 Å². The van der Waals surface area contributed by atoms with Gasteiger partial charge in [0.2, 0.25) is 0 Å². The Morgan fingerprint density at radius 2 is 2.11 bits per heavy atom. The molecule has 1 aliphatic carbocycles. The van der Waals surface area contributed by atoms with E-state index in [1.807, 2.05) is 0 Å². The van der Waals surface area contributed by atoms with Crippen molar-refractivity contribution in [2.45, 2.75) is 57.6 Å². The van der Waals surface area contributed by atoms with E-state index in [1.165, 1.54) is 31.2 Å². The number of nitrogens with one attached hydrogen (secondary N) is 1. The van der Waals surface area contributed by atoms with Crippen molar-refractivity contribution in [2.75, 3.05) is 7.05 Å². The predicted molar refractivity (Wildman–Crippen MR) is 76.3 cm³/mol. The average molecular weight is 247 g/mol. The van der Waals surface area contributed by atoms with E-state index in [2.05, 4.69) is 50.5 Å². The van der Waals surface area contributed by atoms with Crippen molar-refractivity contribution >= 4 is 0 Å². The van der Waals surface area contributed by atoms with Gasteiger partial charge in [-0.15, -0.1) is 0 Å². The quantitative estimate of drug-likeness (QED) is 0.875. The maximum absolute atomic E-state index is 5.78. The molecule has 1 aromatic carbocycles. The topological polar surface area (TPSA) is 21.3 Å². The second-order valence-electron chi connectivity index (χ2n) is 5.59. The predicted octanol–water partition coefficient (Wildman–Crippen LogP) is 3.72. The van der Waals surface area contributed by atoms with Crippen molar-refractivity contribution < 1.29 is 4.74 Å². The second-order valence-corrected chi connectivity index (χ2v) is 5.59. The molecule has 0 spiro atoms. The van der Waals surface area contributed by atoms with Crippen LogP contribution in [0.4, 0.5) is 0 Å². The van der Waals surface area contributed by atoms with Crippen molar-refractivity contribution in [3.63, 3.8) is 0 Å². The van der Waals surface area contributed by atoms with Crippen molar-refractivity contribution in [1.29, 1.82) is 0 Å². The Morgan fingerprint density at radius 3 is 2.83 bits per heavy atom. The maximum Gasteiger partial charge on any atom is 0.119 e. The molecule has 0 aliphatic heterocycles. The highest BCUT2D eigenvalue weighted by molar-refractivity contribution is 5.31. The molecular weight excluding hydrogens is 222 g/mol. The Kier molecular flexibility index (Phi) is 4.65. The lowest BCUT2D eigenvalue weighted by Gasteiger charge is -2.29. The van der Waals surface area contributed by atoms with Gasteiger partial charge in [0.25, 0.3) is 0 Å². The first-order chi connectivity index (χ1) is 8.69. The molecule has 100 valence electrons. The van der Waals surface area contributed by atoms with Gasteiger partial charge >= 0.3 is 0 Å². The number of ether oxygens (including phenoxy) is 1. The van der Waals surface area contributed by atoms with Gasteiger partial charge in [0, 0.05) is 6.04 Å². The molecule has 1 saturated carbocycles. The first kappa shape index (κ1) is 13.4. The smallest absolute Gasteiger partial charge is 0.119 e. The van der Waals surface area contributed by atoms with E-state index in [4.69, 9.17) is 4.74 Å². The van der Waals surface area contributed by atoms with Crippen LogP contribution in [0.25, 0.3) is 0 Å².